The summed E-state index contributed by atoms with van der Waals surface area (Å²) >= 11 is 1.25. The smallest absolute Gasteiger partial charge is 0.250 e. The Morgan fingerprint density at radius 2 is 1.72 bits per heavy atom. The van der Waals surface area contributed by atoms with E-state index in [4.69, 9.17) is 0 Å². The van der Waals surface area contributed by atoms with Crippen LogP contribution in [0.5, 0.6) is 0 Å². The zero-order valence-corrected chi connectivity index (χ0v) is 15.9. The van der Waals surface area contributed by atoms with E-state index in [-0.39, 0.29) is 0 Å². The van der Waals surface area contributed by atoms with Crippen LogP contribution in [0.4, 0.5) is 5.69 Å². The Balaban J connectivity index is 1.32. The van der Waals surface area contributed by atoms with Gasteiger partial charge in [-0.05, 0) is 43.0 Å². The first-order valence-electron chi connectivity index (χ1n) is 8.71. The van der Waals surface area contributed by atoms with Crippen LogP contribution >= 0.6 is 11.3 Å². The molecule has 2 aromatic rings. The fraction of sp³-hybridized carbons (Fsp3) is 0.444. The summed E-state index contributed by atoms with van der Waals surface area (Å²) in [5.41, 5.74) is 1.30. The van der Waals surface area contributed by atoms with Crippen molar-refractivity contribution in [1.29, 1.82) is 0 Å². The number of unbranched alkanes of at least 4 members (excludes halogenated alkanes) is 1. The van der Waals surface area contributed by atoms with Crippen molar-refractivity contribution >= 4 is 27.0 Å². The summed E-state index contributed by atoms with van der Waals surface area (Å²) in [5, 5.41) is 1.78. The van der Waals surface area contributed by atoms with Crippen LogP contribution in [0.1, 0.15) is 12.8 Å². The summed E-state index contributed by atoms with van der Waals surface area (Å²) in [4.78, 5) is 4.89. The summed E-state index contributed by atoms with van der Waals surface area (Å²) < 4.78 is 27.1. The second kappa shape index (κ2) is 8.80. The van der Waals surface area contributed by atoms with Crippen molar-refractivity contribution in [2.75, 3.05) is 44.2 Å². The van der Waals surface area contributed by atoms with E-state index in [1.54, 1.807) is 17.5 Å². The number of hydrogen-bond acceptors (Lipinski definition) is 5. The summed E-state index contributed by atoms with van der Waals surface area (Å²) in [7, 11) is -3.31. The Kier molecular flexibility index (Phi) is 6.47. The van der Waals surface area contributed by atoms with E-state index < -0.39 is 10.0 Å². The maximum absolute atomic E-state index is 12.0. The lowest BCUT2D eigenvalue weighted by Gasteiger charge is -2.36. The van der Waals surface area contributed by atoms with Crippen molar-refractivity contribution in [3.8, 4) is 0 Å². The largest absolute Gasteiger partial charge is 0.369 e. The van der Waals surface area contributed by atoms with Crippen LogP contribution in [0, 0.1) is 0 Å². The maximum atomic E-state index is 12.0. The maximum Gasteiger partial charge on any atom is 0.250 e. The zero-order chi connectivity index (χ0) is 17.5. The zero-order valence-electron chi connectivity index (χ0n) is 14.3. The van der Waals surface area contributed by atoms with Gasteiger partial charge in [0.15, 0.2) is 0 Å². The molecule has 0 unspecified atom stereocenters. The van der Waals surface area contributed by atoms with Crippen molar-refractivity contribution in [1.82, 2.24) is 9.62 Å². The second-order valence-corrected chi connectivity index (χ2v) is 9.14. The Morgan fingerprint density at radius 1 is 0.960 bits per heavy atom. The highest BCUT2D eigenvalue weighted by Crippen LogP contribution is 2.16. The number of benzene rings is 1. The molecular weight excluding hydrogens is 354 g/mol. The highest BCUT2D eigenvalue weighted by molar-refractivity contribution is 7.91. The van der Waals surface area contributed by atoms with E-state index in [1.165, 1.54) is 17.0 Å². The van der Waals surface area contributed by atoms with Gasteiger partial charge >= 0.3 is 0 Å². The molecule has 1 aromatic carbocycles. The number of rotatable bonds is 8. The SMILES string of the molecule is O=S(=O)(NCCCCN1CCN(c2ccccc2)CC1)c1cccs1. The molecule has 25 heavy (non-hydrogen) atoms. The molecule has 0 amide bonds. The van der Waals surface area contributed by atoms with Crippen LogP contribution in [0.2, 0.25) is 0 Å². The lowest BCUT2D eigenvalue weighted by molar-refractivity contribution is 0.253. The quantitative estimate of drug-likeness (QED) is 0.717. The fourth-order valence-electron chi connectivity index (χ4n) is 3.02. The van der Waals surface area contributed by atoms with E-state index in [9.17, 15) is 8.42 Å². The minimum Gasteiger partial charge on any atom is -0.369 e. The average molecular weight is 380 g/mol. The third-order valence-electron chi connectivity index (χ3n) is 4.45. The molecule has 0 radical (unpaired) electrons. The minimum absolute atomic E-state index is 0.393. The summed E-state index contributed by atoms with van der Waals surface area (Å²) in [6.45, 7) is 5.77. The van der Waals surface area contributed by atoms with Gasteiger partial charge in [0.25, 0.3) is 0 Å². The van der Waals surface area contributed by atoms with Gasteiger partial charge in [0.2, 0.25) is 10.0 Å². The number of nitrogens with one attached hydrogen (secondary N) is 1. The van der Waals surface area contributed by atoms with E-state index in [0.29, 0.717) is 10.8 Å². The first-order chi connectivity index (χ1) is 12.1. The summed E-state index contributed by atoms with van der Waals surface area (Å²) in [6, 6.07) is 13.9. The van der Waals surface area contributed by atoms with Crippen LogP contribution in [-0.4, -0.2) is 52.6 Å². The van der Waals surface area contributed by atoms with Crippen molar-refractivity contribution in [3.05, 3.63) is 47.8 Å². The molecule has 0 spiro atoms. The average Bonchev–Trinajstić information content (AvgIpc) is 3.18. The molecule has 1 N–H and O–H groups in total. The van der Waals surface area contributed by atoms with Crippen molar-refractivity contribution in [3.63, 3.8) is 0 Å². The van der Waals surface area contributed by atoms with Crippen LogP contribution in [0.3, 0.4) is 0 Å². The van der Waals surface area contributed by atoms with Crippen LogP contribution in [-0.2, 0) is 10.0 Å². The van der Waals surface area contributed by atoms with Crippen molar-refractivity contribution < 1.29 is 8.42 Å². The molecular formula is C18H25N3O2S2. The molecule has 1 saturated heterocycles. The molecule has 2 heterocycles. The third kappa shape index (κ3) is 5.28. The Bertz CT molecular complexity index is 725. The van der Waals surface area contributed by atoms with E-state index >= 15 is 0 Å². The van der Waals surface area contributed by atoms with Gasteiger partial charge < -0.3 is 4.90 Å². The van der Waals surface area contributed by atoms with E-state index in [0.717, 1.165) is 45.6 Å². The van der Waals surface area contributed by atoms with Gasteiger partial charge in [0.1, 0.15) is 4.21 Å². The van der Waals surface area contributed by atoms with Crippen LogP contribution < -0.4 is 9.62 Å². The molecule has 1 aliphatic rings. The number of anilines is 1. The number of hydrogen-bond donors (Lipinski definition) is 1. The number of nitrogens with zero attached hydrogens (tertiary/aromatic N) is 2. The molecule has 0 bridgehead atoms. The van der Waals surface area contributed by atoms with E-state index in [2.05, 4.69) is 38.8 Å². The Hall–Kier alpha value is -1.41. The van der Waals surface area contributed by atoms with Crippen molar-refractivity contribution in [2.24, 2.45) is 0 Å². The summed E-state index contributed by atoms with van der Waals surface area (Å²) in [5.74, 6) is 0. The standard InChI is InChI=1S/C18H25N3O2S2/c22-25(23,18-9-6-16-24-18)19-10-4-5-11-20-12-14-21(15-13-20)17-7-2-1-3-8-17/h1-3,6-9,16,19H,4-5,10-15H2. The van der Waals surface area contributed by atoms with Crippen molar-refractivity contribution in [2.45, 2.75) is 17.1 Å². The fourth-order valence-corrected chi connectivity index (χ4v) is 5.13. The van der Waals surface area contributed by atoms with Gasteiger partial charge in [-0.25, -0.2) is 13.1 Å². The van der Waals surface area contributed by atoms with Crippen LogP contribution in [0.25, 0.3) is 0 Å². The molecule has 0 saturated carbocycles. The highest BCUT2D eigenvalue weighted by atomic mass is 32.2. The number of sulfonamides is 1. The van der Waals surface area contributed by atoms with Gasteiger partial charge in [-0.1, -0.05) is 24.3 Å². The first kappa shape index (κ1) is 18.4. The number of thiophene rings is 1. The lowest BCUT2D eigenvalue weighted by atomic mass is 10.2. The molecule has 0 aliphatic carbocycles. The summed E-state index contributed by atoms with van der Waals surface area (Å²) in [6.07, 6.45) is 1.88. The topological polar surface area (TPSA) is 52.7 Å². The number of para-hydroxylation sites is 1. The van der Waals surface area contributed by atoms with Gasteiger partial charge in [-0.2, -0.15) is 0 Å². The first-order valence-corrected chi connectivity index (χ1v) is 11.1. The van der Waals surface area contributed by atoms with Gasteiger partial charge in [0.05, 0.1) is 0 Å². The normalized spacial score (nSPS) is 16.2. The van der Waals surface area contributed by atoms with Gasteiger partial charge in [-0.3, -0.25) is 4.90 Å². The molecule has 5 nitrogen and oxygen atoms in total. The highest BCUT2D eigenvalue weighted by Gasteiger charge is 2.17. The molecule has 1 fully saturated rings. The Morgan fingerprint density at radius 3 is 2.40 bits per heavy atom. The molecule has 7 heteroatoms. The monoisotopic (exact) mass is 379 g/mol. The molecule has 136 valence electrons. The molecule has 0 atom stereocenters. The predicted molar refractivity (Wildman–Crippen MR) is 104 cm³/mol. The third-order valence-corrected chi connectivity index (χ3v) is 7.31. The minimum atomic E-state index is -3.31. The van der Waals surface area contributed by atoms with Crippen LogP contribution in [0.15, 0.2) is 52.1 Å². The molecule has 3 rings (SSSR count). The van der Waals surface area contributed by atoms with Gasteiger partial charge in [-0.15, -0.1) is 11.3 Å². The predicted octanol–water partition coefficient (Wildman–Crippen LogP) is 2.63. The molecule has 1 aliphatic heterocycles. The number of piperazine rings is 1. The molecule has 1 aromatic heterocycles. The van der Waals surface area contributed by atoms with Gasteiger partial charge in [0, 0.05) is 38.4 Å². The second-order valence-electron chi connectivity index (χ2n) is 6.20. The van der Waals surface area contributed by atoms with E-state index in [1.807, 2.05) is 6.07 Å². The lowest BCUT2D eigenvalue weighted by Crippen LogP contribution is -2.46. The Labute approximate surface area is 154 Å².